The Labute approximate surface area is 135 Å². The van der Waals surface area contributed by atoms with Gasteiger partial charge >= 0.3 is 11.9 Å². The van der Waals surface area contributed by atoms with Crippen LogP contribution in [0.5, 0.6) is 0 Å². The maximum Gasteiger partial charge on any atom is 0.309 e. The molecule has 5 N–H and O–H groups in total. The van der Waals surface area contributed by atoms with E-state index in [4.69, 9.17) is 10.2 Å². The van der Waals surface area contributed by atoms with Crippen LogP contribution in [0, 0.1) is 0 Å². The summed E-state index contributed by atoms with van der Waals surface area (Å²) in [4.78, 5) is 23.6. The summed E-state index contributed by atoms with van der Waals surface area (Å²) in [6.45, 7) is 3.26. The zero-order valence-corrected chi connectivity index (χ0v) is 13.3. The Hall–Kier alpha value is -1.26. The summed E-state index contributed by atoms with van der Waals surface area (Å²) in [6, 6.07) is 0.0130. The number of piperazine rings is 1. The Morgan fingerprint density at radius 1 is 1.04 bits per heavy atom. The normalized spacial score (nSPS) is 24.9. The van der Waals surface area contributed by atoms with Crippen LogP contribution in [-0.4, -0.2) is 106 Å². The highest BCUT2D eigenvalue weighted by molar-refractivity contribution is 5.67. The lowest BCUT2D eigenvalue weighted by molar-refractivity contribution is -0.955. The SMILES string of the molecule is O=C(O)CCN1CC[N+](CCO)(CCC(=O)O)C(CCO)C1.[OH-]. The van der Waals surface area contributed by atoms with E-state index in [0.29, 0.717) is 50.2 Å². The molecule has 1 fully saturated rings. The lowest BCUT2D eigenvalue weighted by atomic mass is 10.0. The number of carbonyl (C=O) groups is 2. The van der Waals surface area contributed by atoms with E-state index in [1.54, 1.807) is 0 Å². The summed E-state index contributed by atoms with van der Waals surface area (Å²) >= 11 is 0. The first-order valence-electron chi connectivity index (χ1n) is 7.67. The van der Waals surface area contributed by atoms with Gasteiger partial charge in [-0.05, 0) is 0 Å². The summed E-state index contributed by atoms with van der Waals surface area (Å²) in [5.41, 5.74) is 0. The summed E-state index contributed by atoms with van der Waals surface area (Å²) in [5, 5.41) is 36.4. The first-order chi connectivity index (χ1) is 10.4. The number of rotatable bonds is 10. The summed E-state index contributed by atoms with van der Waals surface area (Å²) < 4.78 is 0.479. The van der Waals surface area contributed by atoms with Gasteiger partial charge in [0.15, 0.2) is 0 Å². The van der Waals surface area contributed by atoms with Crippen LogP contribution >= 0.6 is 0 Å². The van der Waals surface area contributed by atoms with Gasteiger partial charge in [-0.3, -0.25) is 14.5 Å². The van der Waals surface area contributed by atoms with Crippen molar-refractivity contribution < 1.29 is 40.0 Å². The van der Waals surface area contributed by atoms with Crippen molar-refractivity contribution >= 4 is 11.9 Å². The highest BCUT2D eigenvalue weighted by atomic mass is 16.4. The Morgan fingerprint density at radius 2 is 1.70 bits per heavy atom. The number of quaternary nitrogens is 1. The first-order valence-corrected chi connectivity index (χ1v) is 7.67. The fourth-order valence-electron chi connectivity index (χ4n) is 3.27. The molecule has 1 heterocycles. The number of hydrogen-bond donors (Lipinski definition) is 4. The highest BCUT2D eigenvalue weighted by Gasteiger charge is 2.41. The van der Waals surface area contributed by atoms with Crippen molar-refractivity contribution in [3.8, 4) is 0 Å². The molecular weight excluding hydrogens is 308 g/mol. The maximum absolute atomic E-state index is 10.9. The molecule has 2 atom stereocenters. The van der Waals surface area contributed by atoms with Gasteiger partial charge < -0.3 is 30.4 Å². The Kier molecular flexibility index (Phi) is 9.93. The predicted molar refractivity (Wildman–Crippen MR) is 80.3 cm³/mol. The average molecular weight is 336 g/mol. The largest absolute Gasteiger partial charge is 0.870 e. The molecule has 0 aromatic carbocycles. The van der Waals surface area contributed by atoms with Gasteiger partial charge in [-0.2, -0.15) is 0 Å². The second-order valence-corrected chi connectivity index (χ2v) is 5.87. The van der Waals surface area contributed by atoms with Gasteiger partial charge in [0.25, 0.3) is 0 Å². The van der Waals surface area contributed by atoms with Crippen LogP contribution in [0.15, 0.2) is 0 Å². The molecule has 0 saturated carbocycles. The zero-order valence-electron chi connectivity index (χ0n) is 13.3. The van der Waals surface area contributed by atoms with Crippen molar-refractivity contribution in [3.63, 3.8) is 0 Å². The number of carboxylic acid groups (broad SMARTS) is 2. The third-order valence-corrected chi connectivity index (χ3v) is 4.53. The maximum atomic E-state index is 10.9. The van der Waals surface area contributed by atoms with E-state index in [9.17, 15) is 19.8 Å². The zero-order chi connectivity index (χ0) is 16.6. The van der Waals surface area contributed by atoms with Crippen LogP contribution in [0.2, 0.25) is 0 Å². The van der Waals surface area contributed by atoms with E-state index < -0.39 is 11.9 Å². The van der Waals surface area contributed by atoms with Crippen molar-refractivity contribution in [1.82, 2.24) is 4.90 Å². The summed E-state index contributed by atoms with van der Waals surface area (Å²) in [6.07, 6.45) is 0.612. The van der Waals surface area contributed by atoms with Gasteiger partial charge in [0, 0.05) is 26.1 Å². The molecule has 0 aromatic heterocycles. The highest BCUT2D eigenvalue weighted by Crippen LogP contribution is 2.23. The number of carboxylic acids is 2. The van der Waals surface area contributed by atoms with Crippen molar-refractivity contribution in [2.24, 2.45) is 0 Å². The number of nitrogens with zero attached hydrogens (tertiary/aromatic N) is 2. The van der Waals surface area contributed by atoms with E-state index in [1.165, 1.54) is 0 Å². The van der Waals surface area contributed by atoms with E-state index in [1.807, 2.05) is 4.90 Å². The van der Waals surface area contributed by atoms with Gasteiger partial charge in [-0.1, -0.05) is 0 Å². The topological polar surface area (TPSA) is 148 Å². The lowest BCUT2D eigenvalue weighted by Crippen LogP contribution is -2.67. The quantitative estimate of drug-likeness (QED) is 0.357. The smallest absolute Gasteiger partial charge is 0.309 e. The molecule has 0 spiro atoms. The van der Waals surface area contributed by atoms with Crippen molar-refractivity contribution in [1.29, 1.82) is 0 Å². The van der Waals surface area contributed by atoms with Crippen LogP contribution in [0.3, 0.4) is 0 Å². The number of aliphatic hydroxyl groups is 2. The molecule has 1 rings (SSSR count). The Balaban J connectivity index is 0.00000484. The van der Waals surface area contributed by atoms with E-state index in [2.05, 4.69) is 0 Å². The molecule has 0 aliphatic carbocycles. The molecule has 136 valence electrons. The molecule has 9 nitrogen and oxygen atoms in total. The van der Waals surface area contributed by atoms with Crippen molar-refractivity contribution in [2.75, 3.05) is 52.5 Å². The molecule has 1 aliphatic heterocycles. The number of aliphatic carboxylic acids is 2. The van der Waals surface area contributed by atoms with E-state index >= 15 is 0 Å². The van der Waals surface area contributed by atoms with Crippen molar-refractivity contribution in [3.05, 3.63) is 0 Å². The number of hydrogen-bond acceptors (Lipinski definition) is 6. The van der Waals surface area contributed by atoms with Crippen LogP contribution in [0.1, 0.15) is 19.3 Å². The monoisotopic (exact) mass is 336 g/mol. The van der Waals surface area contributed by atoms with Crippen molar-refractivity contribution in [2.45, 2.75) is 25.3 Å². The molecule has 0 amide bonds. The molecular formula is C14H28N2O7. The fourth-order valence-corrected chi connectivity index (χ4v) is 3.27. The van der Waals surface area contributed by atoms with E-state index in [-0.39, 0.29) is 37.6 Å². The molecule has 23 heavy (non-hydrogen) atoms. The average Bonchev–Trinajstić information content (AvgIpc) is 2.46. The van der Waals surface area contributed by atoms with Crippen LogP contribution in [0.25, 0.3) is 0 Å². The molecule has 0 bridgehead atoms. The summed E-state index contributed by atoms with van der Waals surface area (Å²) in [5.74, 6) is -1.71. The molecule has 2 unspecified atom stereocenters. The van der Waals surface area contributed by atoms with Gasteiger partial charge in [-0.15, -0.1) is 0 Å². The molecule has 0 radical (unpaired) electrons. The van der Waals surface area contributed by atoms with Crippen LogP contribution < -0.4 is 0 Å². The molecule has 9 heteroatoms. The molecule has 0 aromatic rings. The minimum atomic E-state index is -0.869. The lowest BCUT2D eigenvalue weighted by Gasteiger charge is -2.50. The Morgan fingerprint density at radius 3 is 2.22 bits per heavy atom. The van der Waals surface area contributed by atoms with Gasteiger partial charge in [0.1, 0.15) is 12.6 Å². The predicted octanol–water partition coefficient (Wildman–Crippen LogP) is -1.37. The minimum Gasteiger partial charge on any atom is -0.870 e. The van der Waals surface area contributed by atoms with Crippen LogP contribution in [-0.2, 0) is 9.59 Å². The second kappa shape index (κ2) is 10.5. The third-order valence-electron chi connectivity index (χ3n) is 4.53. The van der Waals surface area contributed by atoms with Gasteiger partial charge in [-0.25, -0.2) is 0 Å². The first kappa shape index (κ1) is 21.7. The summed E-state index contributed by atoms with van der Waals surface area (Å²) in [7, 11) is 0. The molecule has 1 saturated heterocycles. The Bertz CT molecular complexity index is 380. The van der Waals surface area contributed by atoms with Gasteiger partial charge in [0.2, 0.25) is 0 Å². The number of aliphatic hydroxyl groups excluding tert-OH is 2. The van der Waals surface area contributed by atoms with E-state index in [0.717, 1.165) is 0 Å². The standard InChI is InChI=1S/C14H26N2O6.H2O/c17-9-3-12-11-15(4-1-13(19)20)5-7-16(12,8-10-18)6-2-14(21)22;/h12,17-18H,1-11H2,(H-,19,20,21,22);1H2. The third kappa shape index (κ3) is 6.80. The van der Waals surface area contributed by atoms with Crippen LogP contribution in [0.4, 0.5) is 0 Å². The molecule has 1 aliphatic rings. The fraction of sp³-hybridized carbons (Fsp3) is 0.857. The minimum absolute atomic E-state index is 0. The van der Waals surface area contributed by atoms with Gasteiger partial charge in [0.05, 0.1) is 39.1 Å². The second-order valence-electron chi connectivity index (χ2n) is 5.87.